The molecule has 0 bridgehead atoms. The van der Waals surface area contributed by atoms with E-state index in [0.29, 0.717) is 11.3 Å². The predicted octanol–water partition coefficient (Wildman–Crippen LogP) is 1.67. The van der Waals surface area contributed by atoms with Crippen molar-refractivity contribution in [3.8, 4) is 0 Å². The number of para-hydroxylation sites is 1. The summed E-state index contributed by atoms with van der Waals surface area (Å²) in [6, 6.07) is 14.3. The molecule has 0 aliphatic rings. The van der Waals surface area contributed by atoms with E-state index in [9.17, 15) is 19.6 Å². The number of rotatable bonds is 7. The van der Waals surface area contributed by atoms with Crippen molar-refractivity contribution in [3.05, 3.63) is 65.9 Å². The molecule has 1 aromatic heterocycles. The van der Waals surface area contributed by atoms with E-state index >= 15 is 0 Å². The van der Waals surface area contributed by atoms with Gasteiger partial charge in [0.2, 0.25) is 11.8 Å². The van der Waals surface area contributed by atoms with Gasteiger partial charge in [-0.2, -0.15) is 0 Å². The molecule has 0 saturated carbocycles. The SMILES string of the molecule is CC(=O)Nc1ccc(CC(=O)NC(Cc2coc3ccccc23)B(O)O)cc1. The minimum atomic E-state index is -1.71. The van der Waals surface area contributed by atoms with Gasteiger partial charge in [-0.15, -0.1) is 0 Å². The maximum atomic E-state index is 12.4. The lowest BCUT2D eigenvalue weighted by Crippen LogP contribution is -2.48. The van der Waals surface area contributed by atoms with Gasteiger partial charge in [0, 0.05) is 18.0 Å². The van der Waals surface area contributed by atoms with Crippen molar-refractivity contribution in [2.75, 3.05) is 5.32 Å². The largest absolute Gasteiger partial charge is 0.475 e. The standard InChI is InChI=1S/C20H21BN2O5/c1-13(24)22-16-8-6-14(7-9-16)10-20(25)23-19(21(26)27)11-15-12-28-18-5-3-2-4-17(15)18/h2-9,12,19,26-27H,10-11H2,1H3,(H,22,24)(H,23,25). The van der Waals surface area contributed by atoms with Crippen LogP contribution in [0.5, 0.6) is 0 Å². The first kappa shape index (κ1) is 19.7. The molecular formula is C20H21BN2O5. The molecule has 0 aliphatic carbocycles. The molecular weight excluding hydrogens is 359 g/mol. The molecule has 0 spiro atoms. The number of benzene rings is 2. The number of amides is 2. The van der Waals surface area contributed by atoms with Gasteiger partial charge in [0.15, 0.2) is 0 Å². The zero-order valence-electron chi connectivity index (χ0n) is 15.4. The Hall–Kier alpha value is -3.10. The van der Waals surface area contributed by atoms with Crippen LogP contribution in [-0.2, 0) is 22.4 Å². The fraction of sp³-hybridized carbons (Fsp3) is 0.200. The molecule has 1 unspecified atom stereocenters. The summed E-state index contributed by atoms with van der Waals surface area (Å²) in [6.45, 7) is 1.42. The molecule has 1 heterocycles. The molecule has 2 amide bonds. The third-order valence-electron chi connectivity index (χ3n) is 4.35. The second-order valence-corrected chi connectivity index (χ2v) is 6.60. The molecule has 4 N–H and O–H groups in total. The van der Waals surface area contributed by atoms with E-state index in [1.165, 1.54) is 6.92 Å². The van der Waals surface area contributed by atoms with Gasteiger partial charge in [0.1, 0.15) is 5.58 Å². The summed E-state index contributed by atoms with van der Waals surface area (Å²) in [5.74, 6) is -1.37. The Kier molecular flexibility index (Phi) is 6.13. The number of furan rings is 1. The summed E-state index contributed by atoms with van der Waals surface area (Å²) >= 11 is 0. The average Bonchev–Trinajstić information content (AvgIpc) is 3.05. The van der Waals surface area contributed by atoms with Crippen LogP contribution in [0, 0.1) is 0 Å². The Bertz CT molecular complexity index is 968. The van der Waals surface area contributed by atoms with E-state index in [2.05, 4.69) is 10.6 Å². The van der Waals surface area contributed by atoms with Crippen LogP contribution in [0.4, 0.5) is 5.69 Å². The van der Waals surface area contributed by atoms with Crippen LogP contribution in [0.2, 0.25) is 0 Å². The van der Waals surface area contributed by atoms with Gasteiger partial charge < -0.3 is 25.1 Å². The normalized spacial score (nSPS) is 11.8. The highest BCUT2D eigenvalue weighted by Crippen LogP contribution is 2.22. The van der Waals surface area contributed by atoms with Crippen LogP contribution in [0.3, 0.4) is 0 Å². The van der Waals surface area contributed by atoms with Crippen LogP contribution in [0.1, 0.15) is 18.1 Å². The quantitative estimate of drug-likeness (QED) is 0.466. The maximum absolute atomic E-state index is 12.4. The molecule has 28 heavy (non-hydrogen) atoms. The summed E-state index contributed by atoms with van der Waals surface area (Å²) in [7, 11) is -1.71. The third-order valence-corrected chi connectivity index (χ3v) is 4.35. The van der Waals surface area contributed by atoms with E-state index in [0.717, 1.165) is 16.5 Å². The fourth-order valence-electron chi connectivity index (χ4n) is 3.01. The Morgan fingerprint density at radius 1 is 1.11 bits per heavy atom. The van der Waals surface area contributed by atoms with Crippen molar-refractivity contribution in [2.24, 2.45) is 0 Å². The van der Waals surface area contributed by atoms with Crippen molar-refractivity contribution in [3.63, 3.8) is 0 Å². The molecule has 144 valence electrons. The second-order valence-electron chi connectivity index (χ2n) is 6.60. The van der Waals surface area contributed by atoms with Gasteiger partial charge in [-0.25, -0.2) is 0 Å². The number of hydrogen-bond donors (Lipinski definition) is 4. The van der Waals surface area contributed by atoms with E-state index < -0.39 is 13.1 Å². The lowest BCUT2D eigenvalue weighted by atomic mass is 9.75. The third kappa shape index (κ3) is 5.00. The first-order chi connectivity index (χ1) is 13.4. The highest BCUT2D eigenvalue weighted by molar-refractivity contribution is 6.43. The van der Waals surface area contributed by atoms with Gasteiger partial charge >= 0.3 is 7.12 Å². The minimum absolute atomic E-state index is 0.0791. The molecule has 0 radical (unpaired) electrons. The molecule has 2 aromatic carbocycles. The topological polar surface area (TPSA) is 112 Å². The number of carbonyl (C=O) groups excluding carboxylic acids is 2. The molecule has 0 fully saturated rings. The summed E-state index contributed by atoms with van der Waals surface area (Å²) in [5, 5.41) is 25.6. The Morgan fingerprint density at radius 2 is 1.82 bits per heavy atom. The van der Waals surface area contributed by atoms with Crippen LogP contribution < -0.4 is 10.6 Å². The molecule has 0 saturated heterocycles. The van der Waals surface area contributed by atoms with Gasteiger partial charge in [-0.05, 0) is 35.7 Å². The van der Waals surface area contributed by atoms with Gasteiger partial charge in [-0.3, -0.25) is 9.59 Å². The van der Waals surface area contributed by atoms with E-state index in [1.54, 1.807) is 30.5 Å². The zero-order chi connectivity index (χ0) is 20.1. The van der Waals surface area contributed by atoms with Crippen LogP contribution in [0.25, 0.3) is 11.0 Å². The van der Waals surface area contributed by atoms with Crippen molar-refractivity contribution in [1.29, 1.82) is 0 Å². The minimum Gasteiger partial charge on any atom is -0.464 e. The van der Waals surface area contributed by atoms with Gasteiger partial charge in [-0.1, -0.05) is 30.3 Å². The molecule has 0 aliphatic heterocycles. The first-order valence-corrected chi connectivity index (χ1v) is 8.89. The molecule has 3 rings (SSSR count). The molecule has 8 heteroatoms. The lowest BCUT2D eigenvalue weighted by molar-refractivity contribution is -0.120. The first-order valence-electron chi connectivity index (χ1n) is 8.89. The number of anilines is 1. The van der Waals surface area contributed by atoms with Gasteiger partial charge in [0.25, 0.3) is 0 Å². The smallest absolute Gasteiger partial charge is 0.464 e. The molecule has 3 aromatic rings. The summed E-state index contributed by atoms with van der Waals surface area (Å²) < 4.78 is 5.46. The summed E-state index contributed by atoms with van der Waals surface area (Å²) in [4.78, 5) is 23.4. The fourth-order valence-corrected chi connectivity index (χ4v) is 3.01. The summed E-state index contributed by atoms with van der Waals surface area (Å²) in [5.41, 5.74) is 2.88. The number of hydrogen-bond acceptors (Lipinski definition) is 5. The van der Waals surface area contributed by atoms with Crippen molar-refractivity contribution >= 4 is 35.6 Å². The second kappa shape index (κ2) is 8.73. The number of fused-ring (bicyclic) bond motifs is 1. The van der Waals surface area contributed by atoms with Crippen LogP contribution >= 0.6 is 0 Å². The summed E-state index contributed by atoms with van der Waals surface area (Å²) in [6.07, 6.45) is 1.87. The van der Waals surface area contributed by atoms with E-state index in [-0.39, 0.29) is 24.7 Å². The Labute approximate surface area is 162 Å². The average molecular weight is 380 g/mol. The highest BCUT2D eigenvalue weighted by atomic mass is 16.4. The van der Waals surface area contributed by atoms with Crippen molar-refractivity contribution in [2.45, 2.75) is 25.7 Å². The highest BCUT2D eigenvalue weighted by Gasteiger charge is 2.27. The van der Waals surface area contributed by atoms with Gasteiger partial charge in [0.05, 0.1) is 18.6 Å². The van der Waals surface area contributed by atoms with E-state index in [4.69, 9.17) is 4.42 Å². The zero-order valence-corrected chi connectivity index (χ0v) is 15.4. The van der Waals surface area contributed by atoms with Crippen LogP contribution in [-0.4, -0.2) is 34.9 Å². The molecule has 7 nitrogen and oxygen atoms in total. The predicted molar refractivity (Wildman–Crippen MR) is 106 cm³/mol. The van der Waals surface area contributed by atoms with Crippen molar-refractivity contribution in [1.82, 2.24) is 5.32 Å². The van der Waals surface area contributed by atoms with Crippen LogP contribution in [0.15, 0.2) is 59.2 Å². The Morgan fingerprint density at radius 3 is 2.50 bits per heavy atom. The van der Waals surface area contributed by atoms with Crippen molar-refractivity contribution < 1.29 is 24.1 Å². The van der Waals surface area contributed by atoms with E-state index in [1.807, 2.05) is 24.3 Å². The maximum Gasteiger partial charge on any atom is 0.475 e. The number of carbonyl (C=O) groups is 2. The number of nitrogens with one attached hydrogen (secondary N) is 2. The monoisotopic (exact) mass is 380 g/mol. The molecule has 1 atom stereocenters. The Balaban J connectivity index is 1.63. The lowest BCUT2D eigenvalue weighted by Gasteiger charge is -2.17.